The third kappa shape index (κ3) is 6.75. The average molecular weight is 226 g/mol. The van der Waals surface area contributed by atoms with Crippen molar-refractivity contribution in [3.63, 3.8) is 0 Å². The number of carbonyl (C=O) groups excluding carboxylic acids is 2. The number of rotatable bonds is 5. The zero-order valence-electron chi connectivity index (χ0n) is 8.28. The highest BCUT2D eigenvalue weighted by Gasteiger charge is 2.38. The molecule has 2 amide bonds. The van der Waals surface area contributed by atoms with Crippen LogP contribution in [-0.2, 0) is 9.59 Å². The predicted molar refractivity (Wildman–Crippen MR) is 47.0 cm³/mol. The van der Waals surface area contributed by atoms with Crippen LogP contribution in [0.15, 0.2) is 0 Å². The van der Waals surface area contributed by atoms with Crippen LogP contribution in [-0.4, -0.2) is 31.1 Å². The van der Waals surface area contributed by atoms with Crippen molar-refractivity contribution < 1.29 is 22.8 Å². The van der Waals surface area contributed by atoms with Crippen LogP contribution in [0.3, 0.4) is 0 Å². The molecule has 0 saturated heterocycles. The Labute approximate surface area is 85.2 Å². The van der Waals surface area contributed by atoms with Crippen molar-refractivity contribution in [1.29, 1.82) is 0 Å². The average Bonchev–Trinajstić information content (AvgIpc) is 2.11. The Balaban J connectivity index is 3.55. The van der Waals surface area contributed by atoms with Gasteiger partial charge in [0.25, 0.3) is 0 Å². The van der Waals surface area contributed by atoms with Crippen molar-refractivity contribution >= 4 is 11.8 Å². The third-order valence-corrected chi connectivity index (χ3v) is 1.47. The number of hydrogen-bond donors (Lipinski definition) is 2. The molecule has 15 heavy (non-hydrogen) atoms. The molecule has 0 radical (unpaired) electrons. The second kappa shape index (κ2) is 6.26. The van der Waals surface area contributed by atoms with Crippen LogP contribution in [0.1, 0.15) is 19.8 Å². The molecule has 0 aromatic heterocycles. The van der Waals surface area contributed by atoms with Gasteiger partial charge in [-0.2, -0.15) is 13.2 Å². The second-order valence-electron chi connectivity index (χ2n) is 2.85. The zero-order chi connectivity index (χ0) is 11.9. The summed E-state index contributed by atoms with van der Waals surface area (Å²) in [5.41, 5.74) is 0. The molecule has 0 atom stereocenters. The first kappa shape index (κ1) is 13.7. The van der Waals surface area contributed by atoms with Crippen molar-refractivity contribution in [1.82, 2.24) is 10.6 Å². The van der Waals surface area contributed by atoms with E-state index in [0.717, 1.165) is 0 Å². The molecular formula is C8H13F3N2O2. The van der Waals surface area contributed by atoms with Crippen molar-refractivity contribution in [3.05, 3.63) is 0 Å². The number of hydrogen-bond acceptors (Lipinski definition) is 2. The predicted octanol–water partition coefficient (Wildman–Crippen LogP) is 0.581. The van der Waals surface area contributed by atoms with E-state index in [4.69, 9.17) is 0 Å². The van der Waals surface area contributed by atoms with Crippen LogP contribution in [0.4, 0.5) is 13.2 Å². The summed E-state index contributed by atoms with van der Waals surface area (Å²) in [6.07, 6.45) is -3.87. The molecule has 0 heterocycles. The topological polar surface area (TPSA) is 58.2 Å². The maximum atomic E-state index is 11.7. The fourth-order valence-corrected chi connectivity index (χ4v) is 0.794. The van der Waals surface area contributed by atoms with Gasteiger partial charge in [-0.05, 0) is 6.42 Å². The fourth-order valence-electron chi connectivity index (χ4n) is 0.794. The highest BCUT2D eigenvalue weighted by atomic mass is 19.4. The Morgan fingerprint density at radius 1 is 1.13 bits per heavy atom. The summed E-state index contributed by atoms with van der Waals surface area (Å²) >= 11 is 0. The summed E-state index contributed by atoms with van der Waals surface area (Å²) in [6.45, 7) is 1.58. The van der Waals surface area contributed by atoms with Gasteiger partial charge in [-0.25, -0.2) is 0 Å². The molecule has 7 heteroatoms. The summed E-state index contributed by atoms with van der Waals surface area (Å²) in [7, 11) is 0. The van der Waals surface area contributed by atoms with Gasteiger partial charge in [-0.3, -0.25) is 9.59 Å². The fraction of sp³-hybridized carbons (Fsp3) is 0.750. The molecule has 88 valence electrons. The van der Waals surface area contributed by atoms with Gasteiger partial charge in [-0.1, -0.05) is 6.92 Å². The molecule has 0 aliphatic heterocycles. The van der Waals surface area contributed by atoms with Gasteiger partial charge >= 0.3 is 12.1 Å². The lowest BCUT2D eigenvalue weighted by Crippen LogP contribution is -2.41. The highest BCUT2D eigenvalue weighted by Crippen LogP contribution is 2.13. The van der Waals surface area contributed by atoms with E-state index in [2.05, 4.69) is 5.32 Å². The summed E-state index contributed by atoms with van der Waals surface area (Å²) in [6, 6.07) is 0. The van der Waals surface area contributed by atoms with Gasteiger partial charge in [0.15, 0.2) is 0 Å². The van der Waals surface area contributed by atoms with Gasteiger partial charge in [0.2, 0.25) is 5.91 Å². The van der Waals surface area contributed by atoms with E-state index >= 15 is 0 Å². The minimum Gasteiger partial charge on any atom is -0.354 e. The first-order valence-corrected chi connectivity index (χ1v) is 4.49. The number of nitrogens with one attached hydrogen (secondary N) is 2. The van der Waals surface area contributed by atoms with Crippen LogP contribution in [0.5, 0.6) is 0 Å². The van der Waals surface area contributed by atoms with E-state index < -0.39 is 12.1 Å². The van der Waals surface area contributed by atoms with E-state index in [0.29, 0.717) is 12.8 Å². The largest absolute Gasteiger partial charge is 0.471 e. The van der Waals surface area contributed by atoms with Gasteiger partial charge in [0.05, 0.1) is 0 Å². The second-order valence-corrected chi connectivity index (χ2v) is 2.85. The third-order valence-electron chi connectivity index (χ3n) is 1.47. The Morgan fingerprint density at radius 2 is 1.67 bits per heavy atom. The molecule has 0 bridgehead atoms. The Hall–Kier alpha value is -1.27. The molecule has 0 unspecified atom stereocenters. The molecule has 0 spiro atoms. The first-order valence-electron chi connectivity index (χ1n) is 4.49. The standard InChI is InChI=1S/C8H13F3N2O2/c1-2-3-6(14)12-4-5-13-7(15)8(9,10)11/h2-5H2,1H3,(H,12,14)(H,13,15). The first-order chi connectivity index (χ1) is 6.88. The summed E-state index contributed by atoms with van der Waals surface area (Å²) in [5, 5.41) is 4.01. The number of carbonyl (C=O) groups is 2. The summed E-state index contributed by atoms with van der Waals surface area (Å²) < 4.78 is 35.0. The maximum Gasteiger partial charge on any atom is 0.471 e. The quantitative estimate of drug-likeness (QED) is 0.674. The van der Waals surface area contributed by atoms with Gasteiger partial charge in [0, 0.05) is 19.5 Å². The van der Waals surface area contributed by atoms with E-state index in [1.54, 1.807) is 5.32 Å². The number of alkyl halides is 3. The Kier molecular flexibility index (Phi) is 5.73. The SMILES string of the molecule is CCCC(=O)NCCNC(=O)C(F)(F)F. The minimum atomic E-state index is -4.87. The smallest absolute Gasteiger partial charge is 0.354 e. The summed E-state index contributed by atoms with van der Waals surface area (Å²) in [5.74, 6) is -2.23. The number of amides is 2. The van der Waals surface area contributed by atoms with Crippen LogP contribution in [0.25, 0.3) is 0 Å². The molecule has 0 saturated carbocycles. The van der Waals surface area contributed by atoms with Crippen molar-refractivity contribution in [2.24, 2.45) is 0 Å². The van der Waals surface area contributed by atoms with Crippen molar-refractivity contribution in [3.8, 4) is 0 Å². The van der Waals surface area contributed by atoms with Crippen molar-refractivity contribution in [2.75, 3.05) is 13.1 Å². The molecule has 0 aromatic carbocycles. The molecule has 2 N–H and O–H groups in total. The van der Waals surface area contributed by atoms with Crippen LogP contribution in [0, 0.1) is 0 Å². The lowest BCUT2D eigenvalue weighted by Gasteiger charge is -2.08. The number of halogens is 3. The Bertz CT molecular complexity index is 228. The van der Waals surface area contributed by atoms with E-state index in [1.165, 1.54) is 0 Å². The Morgan fingerprint density at radius 3 is 2.13 bits per heavy atom. The normalized spacial score (nSPS) is 10.9. The monoisotopic (exact) mass is 226 g/mol. The van der Waals surface area contributed by atoms with Crippen LogP contribution in [0.2, 0.25) is 0 Å². The molecule has 0 aliphatic rings. The molecule has 0 rings (SSSR count). The van der Waals surface area contributed by atoms with E-state index in [-0.39, 0.29) is 19.0 Å². The van der Waals surface area contributed by atoms with Crippen LogP contribution < -0.4 is 10.6 Å². The van der Waals surface area contributed by atoms with Gasteiger partial charge < -0.3 is 10.6 Å². The minimum absolute atomic E-state index is 0.000648. The van der Waals surface area contributed by atoms with E-state index in [9.17, 15) is 22.8 Å². The summed E-state index contributed by atoms with van der Waals surface area (Å²) in [4.78, 5) is 21.1. The van der Waals surface area contributed by atoms with Crippen molar-refractivity contribution in [2.45, 2.75) is 25.9 Å². The highest BCUT2D eigenvalue weighted by molar-refractivity contribution is 5.81. The van der Waals surface area contributed by atoms with Crippen LogP contribution >= 0.6 is 0 Å². The van der Waals surface area contributed by atoms with Gasteiger partial charge in [-0.15, -0.1) is 0 Å². The molecule has 4 nitrogen and oxygen atoms in total. The lowest BCUT2D eigenvalue weighted by molar-refractivity contribution is -0.173. The molecule has 0 fully saturated rings. The lowest BCUT2D eigenvalue weighted by atomic mass is 10.3. The molecule has 0 aliphatic carbocycles. The molecular weight excluding hydrogens is 213 g/mol. The molecule has 0 aromatic rings. The maximum absolute atomic E-state index is 11.7. The zero-order valence-corrected chi connectivity index (χ0v) is 8.28. The van der Waals surface area contributed by atoms with E-state index in [1.807, 2.05) is 6.92 Å². The van der Waals surface area contributed by atoms with Gasteiger partial charge in [0.1, 0.15) is 0 Å².